The van der Waals surface area contributed by atoms with E-state index in [9.17, 15) is 9.59 Å². The number of hydrogen-bond acceptors (Lipinski definition) is 4. The molecule has 1 saturated heterocycles. The molecule has 0 saturated carbocycles. The number of carbonyl (C=O) groups excluding carboxylic acids is 1. The Morgan fingerprint density at radius 3 is 2.33 bits per heavy atom. The molecule has 0 atom stereocenters. The average molecular weight is 355 g/mol. The van der Waals surface area contributed by atoms with Gasteiger partial charge in [-0.2, -0.15) is 0 Å². The molecule has 1 aliphatic rings. The molecule has 2 aromatic carbocycles. The second kappa shape index (κ2) is 6.98. The van der Waals surface area contributed by atoms with Gasteiger partial charge in [0.2, 0.25) is 0 Å². The van der Waals surface area contributed by atoms with E-state index in [0.717, 1.165) is 33.4 Å². The summed E-state index contributed by atoms with van der Waals surface area (Å²) in [5.74, 6) is -1.45. The molecule has 2 aromatic rings. The highest BCUT2D eigenvalue weighted by molar-refractivity contribution is 8.26. The Kier molecular flexibility index (Phi) is 4.78. The third kappa shape index (κ3) is 3.55. The van der Waals surface area contributed by atoms with E-state index in [1.54, 1.807) is 6.08 Å². The molecular weight excluding hydrogens is 342 g/mol. The highest BCUT2D eigenvalue weighted by atomic mass is 32.2. The van der Waals surface area contributed by atoms with Gasteiger partial charge in [-0.15, -0.1) is 0 Å². The third-order valence-corrected chi connectivity index (χ3v) is 4.86. The fourth-order valence-electron chi connectivity index (χ4n) is 2.33. The minimum absolute atomic E-state index is 0.273. The van der Waals surface area contributed by atoms with Crippen LogP contribution >= 0.6 is 24.0 Å². The van der Waals surface area contributed by atoms with E-state index in [1.165, 1.54) is 0 Å². The van der Waals surface area contributed by atoms with Crippen LogP contribution in [0.3, 0.4) is 0 Å². The topological polar surface area (TPSA) is 57.6 Å². The lowest BCUT2D eigenvalue weighted by atomic mass is 10.0. The standard InChI is InChI=1S/C18H13NO3S2/c20-16(21)11-19-17(22)15(24-18(19)23)10-12-6-8-14(9-7-12)13-4-2-1-3-5-13/h1-10H,11H2,(H,20,21)/b15-10+. The fourth-order valence-corrected chi connectivity index (χ4v) is 3.58. The minimum Gasteiger partial charge on any atom is -0.480 e. The zero-order valence-corrected chi connectivity index (χ0v) is 14.1. The maximum atomic E-state index is 12.2. The molecule has 120 valence electrons. The molecule has 0 spiro atoms. The smallest absolute Gasteiger partial charge is 0.323 e. The lowest BCUT2D eigenvalue weighted by molar-refractivity contribution is -0.140. The molecule has 24 heavy (non-hydrogen) atoms. The number of nitrogens with zero attached hydrogens (tertiary/aromatic N) is 1. The predicted octanol–water partition coefficient (Wildman–Crippen LogP) is 3.64. The molecule has 4 nitrogen and oxygen atoms in total. The van der Waals surface area contributed by atoms with Gasteiger partial charge >= 0.3 is 5.97 Å². The first kappa shape index (κ1) is 16.4. The lowest BCUT2D eigenvalue weighted by Gasteiger charge is -2.10. The largest absolute Gasteiger partial charge is 0.480 e. The molecule has 1 amide bonds. The van der Waals surface area contributed by atoms with Crippen LogP contribution in [0.1, 0.15) is 5.56 Å². The maximum Gasteiger partial charge on any atom is 0.323 e. The van der Waals surface area contributed by atoms with Gasteiger partial charge in [0.25, 0.3) is 5.91 Å². The summed E-state index contributed by atoms with van der Waals surface area (Å²) < 4.78 is 0.273. The second-order valence-corrected chi connectivity index (χ2v) is 6.83. The summed E-state index contributed by atoms with van der Waals surface area (Å²) in [6.07, 6.45) is 1.73. The molecule has 0 aliphatic carbocycles. The third-order valence-electron chi connectivity index (χ3n) is 3.48. The van der Waals surface area contributed by atoms with Gasteiger partial charge in [-0.25, -0.2) is 0 Å². The van der Waals surface area contributed by atoms with Crippen LogP contribution < -0.4 is 0 Å². The molecule has 1 aliphatic heterocycles. The molecular formula is C18H13NO3S2. The Morgan fingerprint density at radius 1 is 1.08 bits per heavy atom. The number of carboxylic acid groups (broad SMARTS) is 1. The van der Waals surface area contributed by atoms with E-state index in [-0.39, 0.29) is 10.2 Å². The summed E-state index contributed by atoms with van der Waals surface area (Å²) in [6, 6.07) is 17.8. The minimum atomic E-state index is -1.08. The summed E-state index contributed by atoms with van der Waals surface area (Å²) in [7, 11) is 0. The molecule has 3 rings (SSSR count). The Labute approximate surface area is 148 Å². The van der Waals surface area contributed by atoms with Gasteiger partial charge in [-0.1, -0.05) is 78.6 Å². The first-order valence-corrected chi connectivity index (χ1v) is 8.40. The van der Waals surface area contributed by atoms with Gasteiger partial charge in [0.05, 0.1) is 4.91 Å². The Balaban J connectivity index is 1.81. The van der Waals surface area contributed by atoms with Gasteiger partial charge in [0.15, 0.2) is 0 Å². The monoisotopic (exact) mass is 355 g/mol. The normalized spacial score (nSPS) is 16.0. The van der Waals surface area contributed by atoms with Crippen molar-refractivity contribution >= 4 is 46.3 Å². The quantitative estimate of drug-likeness (QED) is 0.670. The van der Waals surface area contributed by atoms with Crippen molar-refractivity contribution in [3.05, 3.63) is 65.1 Å². The van der Waals surface area contributed by atoms with E-state index in [4.69, 9.17) is 17.3 Å². The number of hydrogen-bond donors (Lipinski definition) is 1. The highest BCUT2D eigenvalue weighted by Gasteiger charge is 2.33. The number of benzene rings is 2. The number of aliphatic carboxylic acids is 1. The summed E-state index contributed by atoms with van der Waals surface area (Å²) in [4.78, 5) is 24.6. The zero-order chi connectivity index (χ0) is 17.1. The van der Waals surface area contributed by atoms with Crippen LogP contribution in [0.25, 0.3) is 17.2 Å². The number of amides is 1. The molecule has 0 aromatic heterocycles. The van der Waals surface area contributed by atoms with E-state index in [2.05, 4.69) is 0 Å². The van der Waals surface area contributed by atoms with E-state index >= 15 is 0 Å². The predicted molar refractivity (Wildman–Crippen MR) is 99.4 cm³/mol. The van der Waals surface area contributed by atoms with Crippen molar-refractivity contribution < 1.29 is 14.7 Å². The Bertz CT molecular complexity index is 829. The maximum absolute atomic E-state index is 12.2. The van der Waals surface area contributed by atoms with Crippen LogP contribution in [0.4, 0.5) is 0 Å². The van der Waals surface area contributed by atoms with Crippen molar-refractivity contribution in [1.82, 2.24) is 4.90 Å². The SMILES string of the molecule is O=C(O)CN1C(=O)/C(=C\c2ccc(-c3ccccc3)cc2)SC1=S. The first-order valence-electron chi connectivity index (χ1n) is 7.17. The molecule has 1 heterocycles. The van der Waals surface area contributed by atoms with Gasteiger partial charge in [0, 0.05) is 0 Å². The van der Waals surface area contributed by atoms with Crippen molar-refractivity contribution in [3.63, 3.8) is 0 Å². The van der Waals surface area contributed by atoms with E-state index in [1.807, 2.05) is 54.6 Å². The van der Waals surface area contributed by atoms with Crippen LogP contribution in [0, 0.1) is 0 Å². The number of thiocarbonyl (C=S) groups is 1. The molecule has 0 bridgehead atoms. The van der Waals surface area contributed by atoms with Crippen LogP contribution in [0.5, 0.6) is 0 Å². The molecule has 1 fully saturated rings. The van der Waals surface area contributed by atoms with Crippen molar-refractivity contribution in [1.29, 1.82) is 0 Å². The second-order valence-electron chi connectivity index (χ2n) is 5.15. The molecule has 0 radical (unpaired) electrons. The van der Waals surface area contributed by atoms with Gasteiger partial charge in [0.1, 0.15) is 10.9 Å². The Morgan fingerprint density at radius 2 is 1.71 bits per heavy atom. The zero-order valence-electron chi connectivity index (χ0n) is 12.5. The number of carboxylic acids is 1. The highest BCUT2D eigenvalue weighted by Crippen LogP contribution is 2.32. The van der Waals surface area contributed by atoms with Crippen LogP contribution in [-0.4, -0.2) is 32.7 Å². The van der Waals surface area contributed by atoms with Crippen molar-refractivity contribution in [2.75, 3.05) is 6.54 Å². The Hall–Kier alpha value is -2.44. The molecule has 0 unspecified atom stereocenters. The van der Waals surface area contributed by atoms with Crippen molar-refractivity contribution in [2.45, 2.75) is 0 Å². The number of rotatable bonds is 4. The van der Waals surface area contributed by atoms with E-state index in [0.29, 0.717) is 4.91 Å². The first-order chi connectivity index (χ1) is 11.5. The van der Waals surface area contributed by atoms with Gasteiger partial charge < -0.3 is 5.11 Å². The summed E-state index contributed by atoms with van der Waals surface area (Å²) in [5, 5.41) is 8.84. The van der Waals surface area contributed by atoms with Crippen molar-refractivity contribution in [2.24, 2.45) is 0 Å². The molecule has 1 N–H and O–H groups in total. The molecule has 6 heteroatoms. The average Bonchev–Trinajstić information content (AvgIpc) is 2.83. The summed E-state index contributed by atoms with van der Waals surface area (Å²) in [5.41, 5.74) is 3.08. The number of thioether (sulfide) groups is 1. The van der Waals surface area contributed by atoms with Crippen LogP contribution in [-0.2, 0) is 9.59 Å². The number of carbonyl (C=O) groups is 2. The van der Waals surface area contributed by atoms with Crippen LogP contribution in [0.15, 0.2) is 59.5 Å². The summed E-state index contributed by atoms with van der Waals surface area (Å²) >= 11 is 6.20. The fraction of sp³-hybridized carbons (Fsp3) is 0.0556. The van der Waals surface area contributed by atoms with E-state index < -0.39 is 12.5 Å². The van der Waals surface area contributed by atoms with Crippen LogP contribution in [0.2, 0.25) is 0 Å². The lowest BCUT2D eigenvalue weighted by Crippen LogP contribution is -2.33. The van der Waals surface area contributed by atoms with Gasteiger partial charge in [-0.05, 0) is 22.8 Å². The van der Waals surface area contributed by atoms with Crippen molar-refractivity contribution in [3.8, 4) is 11.1 Å². The van der Waals surface area contributed by atoms with Gasteiger partial charge in [-0.3, -0.25) is 14.5 Å². The summed E-state index contributed by atoms with van der Waals surface area (Å²) in [6.45, 7) is -0.408.